The van der Waals surface area contributed by atoms with Crippen molar-refractivity contribution in [3.8, 4) is 0 Å². The van der Waals surface area contributed by atoms with E-state index in [1.165, 1.54) is 11.8 Å². The minimum Gasteiger partial charge on any atom is -0.481 e. The summed E-state index contributed by atoms with van der Waals surface area (Å²) in [5, 5.41) is 11.5. The first-order chi connectivity index (χ1) is 8.06. The number of aliphatic carboxylic acids is 1. The SMILES string of the molecule is C=C(CC(=O)O)c1ccc2c(c1)NC(=O)CS2. The molecule has 2 N–H and O–H groups in total. The van der Waals surface area contributed by atoms with Crippen molar-refractivity contribution in [2.24, 2.45) is 0 Å². The molecule has 1 aliphatic heterocycles. The van der Waals surface area contributed by atoms with Crippen LogP contribution >= 0.6 is 11.8 Å². The molecule has 0 bridgehead atoms. The van der Waals surface area contributed by atoms with Gasteiger partial charge in [-0.25, -0.2) is 0 Å². The van der Waals surface area contributed by atoms with E-state index in [2.05, 4.69) is 11.9 Å². The lowest BCUT2D eigenvalue weighted by atomic mass is 10.0. The molecule has 1 aliphatic rings. The number of hydrogen-bond donors (Lipinski definition) is 2. The molecule has 0 saturated carbocycles. The molecule has 1 amide bonds. The van der Waals surface area contributed by atoms with Crippen LogP contribution in [0.1, 0.15) is 12.0 Å². The number of nitrogens with one attached hydrogen (secondary N) is 1. The molecule has 0 unspecified atom stereocenters. The average molecular weight is 249 g/mol. The third-order valence-corrected chi connectivity index (χ3v) is 3.46. The maximum atomic E-state index is 11.2. The number of rotatable bonds is 3. The van der Waals surface area contributed by atoms with Crippen LogP contribution in [0.15, 0.2) is 29.7 Å². The van der Waals surface area contributed by atoms with Gasteiger partial charge in [0.2, 0.25) is 5.91 Å². The minimum absolute atomic E-state index is 0.0384. The predicted octanol–water partition coefficient (Wildman–Crippen LogP) is 2.22. The van der Waals surface area contributed by atoms with E-state index in [-0.39, 0.29) is 12.3 Å². The van der Waals surface area contributed by atoms with Gasteiger partial charge in [-0.2, -0.15) is 0 Å². The van der Waals surface area contributed by atoms with Gasteiger partial charge in [-0.05, 0) is 23.3 Å². The molecular formula is C12H11NO3S. The van der Waals surface area contributed by atoms with Crippen molar-refractivity contribution < 1.29 is 14.7 Å². The fourth-order valence-corrected chi connectivity index (χ4v) is 2.38. The molecule has 88 valence electrons. The van der Waals surface area contributed by atoms with E-state index in [1.807, 2.05) is 12.1 Å². The van der Waals surface area contributed by atoms with Crippen LogP contribution in [-0.2, 0) is 9.59 Å². The van der Waals surface area contributed by atoms with E-state index in [1.54, 1.807) is 6.07 Å². The highest BCUT2D eigenvalue weighted by Gasteiger charge is 2.16. The topological polar surface area (TPSA) is 66.4 Å². The maximum absolute atomic E-state index is 11.2. The molecular weight excluding hydrogens is 238 g/mol. The molecule has 17 heavy (non-hydrogen) atoms. The smallest absolute Gasteiger partial charge is 0.307 e. The minimum atomic E-state index is -0.911. The maximum Gasteiger partial charge on any atom is 0.307 e. The standard InChI is InChI=1S/C12H11NO3S/c1-7(4-12(15)16)8-2-3-10-9(5-8)13-11(14)6-17-10/h2-3,5H,1,4,6H2,(H,13,14)(H,15,16). The van der Waals surface area contributed by atoms with Gasteiger partial charge in [0.05, 0.1) is 17.9 Å². The van der Waals surface area contributed by atoms with Crippen molar-refractivity contribution >= 4 is 34.9 Å². The number of benzene rings is 1. The van der Waals surface area contributed by atoms with Crippen LogP contribution < -0.4 is 5.32 Å². The van der Waals surface area contributed by atoms with Gasteiger partial charge in [0, 0.05) is 4.90 Å². The van der Waals surface area contributed by atoms with E-state index >= 15 is 0 Å². The van der Waals surface area contributed by atoms with Crippen molar-refractivity contribution in [1.29, 1.82) is 0 Å². The monoisotopic (exact) mass is 249 g/mol. The van der Waals surface area contributed by atoms with Gasteiger partial charge in [-0.15, -0.1) is 11.8 Å². The summed E-state index contributed by atoms with van der Waals surface area (Å²) in [5.74, 6) is -0.530. The fraction of sp³-hybridized carbons (Fsp3) is 0.167. The number of anilines is 1. The lowest BCUT2D eigenvalue weighted by Crippen LogP contribution is -2.18. The van der Waals surface area contributed by atoms with E-state index in [9.17, 15) is 9.59 Å². The Hall–Kier alpha value is -1.75. The summed E-state index contributed by atoms with van der Waals surface area (Å²) in [6.07, 6.45) is -0.0973. The van der Waals surface area contributed by atoms with Crippen molar-refractivity contribution in [3.63, 3.8) is 0 Å². The molecule has 2 rings (SSSR count). The number of carbonyl (C=O) groups excluding carboxylic acids is 1. The van der Waals surface area contributed by atoms with Crippen LogP contribution in [0.3, 0.4) is 0 Å². The van der Waals surface area contributed by atoms with E-state index in [4.69, 9.17) is 5.11 Å². The number of carbonyl (C=O) groups is 2. The zero-order chi connectivity index (χ0) is 12.4. The molecule has 0 spiro atoms. The first kappa shape index (κ1) is 11.7. The van der Waals surface area contributed by atoms with Crippen LogP contribution in [0, 0.1) is 0 Å². The van der Waals surface area contributed by atoms with Crippen LogP contribution in [0.25, 0.3) is 5.57 Å². The molecule has 0 aromatic heterocycles. The van der Waals surface area contributed by atoms with Crippen LogP contribution in [0.2, 0.25) is 0 Å². The number of carboxylic acids is 1. The summed E-state index contributed by atoms with van der Waals surface area (Å²) in [7, 11) is 0. The first-order valence-corrected chi connectivity index (χ1v) is 6.01. The Morgan fingerprint density at radius 2 is 2.29 bits per heavy atom. The summed E-state index contributed by atoms with van der Waals surface area (Å²) in [4.78, 5) is 22.8. The lowest BCUT2D eigenvalue weighted by molar-refractivity contribution is -0.135. The van der Waals surface area contributed by atoms with Crippen molar-refractivity contribution in [2.75, 3.05) is 11.1 Å². The van der Waals surface area contributed by atoms with Gasteiger partial charge in [-0.3, -0.25) is 9.59 Å². The van der Waals surface area contributed by atoms with Crippen molar-refractivity contribution in [2.45, 2.75) is 11.3 Å². The molecule has 0 saturated heterocycles. The van der Waals surface area contributed by atoms with Gasteiger partial charge in [0.15, 0.2) is 0 Å². The molecule has 4 nitrogen and oxygen atoms in total. The third-order valence-electron chi connectivity index (χ3n) is 2.39. The van der Waals surface area contributed by atoms with Crippen molar-refractivity contribution in [3.05, 3.63) is 30.3 Å². The van der Waals surface area contributed by atoms with Crippen LogP contribution in [0.4, 0.5) is 5.69 Å². The quantitative estimate of drug-likeness (QED) is 0.862. The number of hydrogen-bond acceptors (Lipinski definition) is 3. The molecule has 1 heterocycles. The summed E-state index contributed by atoms with van der Waals surface area (Å²) in [6, 6.07) is 5.47. The third kappa shape index (κ3) is 2.68. The number of carboxylic acid groups (broad SMARTS) is 1. The Balaban J connectivity index is 2.26. The molecule has 0 radical (unpaired) electrons. The highest BCUT2D eigenvalue weighted by Crippen LogP contribution is 2.33. The van der Waals surface area contributed by atoms with Gasteiger partial charge < -0.3 is 10.4 Å². The molecule has 0 atom stereocenters. The second-order valence-electron chi connectivity index (χ2n) is 3.72. The summed E-state index contributed by atoms with van der Waals surface area (Å²) < 4.78 is 0. The Bertz CT molecular complexity index is 510. The number of fused-ring (bicyclic) bond motifs is 1. The Labute approximate surface area is 103 Å². The highest BCUT2D eigenvalue weighted by atomic mass is 32.2. The van der Waals surface area contributed by atoms with E-state index in [0.717, 1.165) is 16.1 Å². The number of amides is 1. The Morgan fingerprint density at radius 3 is 3.00 bits per heavy atom. The zero-order valence-corrected chi connectivity index (χ0v) is 9.84. The summed E-state index contributed by atoms with van der Waals surface area (Å²) in [6.45, 7) is 3.73. The second-order valence-corrected chi connectivity index (χ2v) is 4.74. The largest absolute Gasteiger partial charge is 0.481 e. The highest BCUT2D eigenvalue weighted by molar-refractivity contribution is 8.00. The van der Waals surface area contributed by atoms with Gasteiger partial charge in [-0.1, -0.05) is 12.6 Å². The van der Waals surface area contributed by atoms with E-state index < -0.39 is 5.97 Å². The van der Waals surface area contributed by atoms with Gasteiger partial charge >= 0.3 is 5.97 Å². The Kier molecular flexibility index (Phi) is 3.19. The normalized spacial score (nSPS) is 13.8. The molecule has 0 fully saturated rings. The fourth-order valence-electron chi connectivity index (χ4n) is 1.59. The lowest BCUT2D eigenvalue weighted by Gasteiger charge is -2.17. The second kappa shape index (κ2) is 4.63. The zero-order valence-electron chi connectivity index (χ0n) is 9.03. The van der Waals surface area contributed by atoms with Gasteiger partial charge in [0.1, 0.15) is 0 Å². The van der Waals surface area contributed by atoms with Crippen LogP contribution in [-0.4, -0.2) is 22.7 Å². The summed E-state index contributed by atoms with van der Waals surface area (Å²) in [5.41, 5.74) is 2.01. The molecule has 1 aromatic rings. The van der Waals surface area contributed by atoms with Crippen molar-refractivity contribution in [1.82, 2.24) is 0 Å². The molecule has 1 aromatic carbocycles. The summed E-state index contributed by atoms with van der Waals surface area (Å²) >= 11 is 1.47. The molecule has 0 aliphatic carbocycles. The molecule has 5 heteroatoms. The van der Waals surface area contributed by atoms with Crippen LogP contribution in [0.5, 0.6) is 0 Å². The van der Waals surface area contributed by atoms with E-state index in [0.29, 0.717) is 11.3 Å². The number of thioether (sulfide) groups is 1. The average Bonchev–Trinajstić information content (AvgIpc) is 2.27. The first-order valence-electron chi connectivity index (χ1n) is 5.03. The Morgan fingerprint density at radius 1 is 1.53 bits per heavy atom. The van der Waals surface area contributed by atoms with Gasteiger partial charge in [0.25, 0.3) is 0 Å². The predicted molar refractivity (Wildman–Crippen MR) is 67.1 cm³/mol.